The highest BCUT2D eigenvalue weighted by atomic mass is 16.5. The number of ether oxygens (including phenoxy) is 1. The molecule has 1 saturated carbocycles. The first-order valence-electron chi connectivity index (χ1n) is 6.43. The Bertz CT molecular complexity index is 459. The van der Waals surface area contributed by atoms with Crippen LogP contribution in [0.4, 0.5) is 0 Å². The molecule has 0 heterocycles. The number of para-hydroxylation sites is 1. The molecule has 0 atom stereocenters. The predicted molar refractivity (Wildman–Crippen MR) is 70.2 cm³/mol. The van der Waals surface area contributed by atoms with Gasteiger partial charge in [-0.2, -0.15) is 0 Å². The van der Waals surface area contributed by atoms with E-state index in [-0.39, 0.29) is 0 Å². The topological polar surface area (TPSA) is 46.5 Å². The highest BCUT2D eigenvalue weighted by Gasteiger charge is 2.48. The van der Waals surface area contributed by atoms with Crippen LogP contribution in [-0.4, -0.2) is 18.2 Å². The second kappa shape index (κ2) is 4.63. The Balaban J connectivity index is 2.57. The van der Waals surface area contributed by atoms with Crippen LogP contribution in [0.25, 0.3) is 0 Å². The molecule has 3 nitrogen and oxygen atoms in total. The Hall–Kier alpha value is -1.51. The molecule has 0 radical (unpaired) electrons. The molecule has 2 rings (SSSR count). The maximum atomic E-state index is 11.6. The summed E-state index contributed by atoms with van der Waals surface area (Å²) in [7, 11) is 1.62. The zero-order valence-electron chi connectivity index (χ0n) is 11.2. The van der Waals surface area contributed by atoms with Gasteiger partial charge >= 0.3 is 5.97 Å². The lowest BCUT2D eigenvalue weighted by molar-refractivity contribution is -0.147. The van der Waals surface area contributed by atoms with Crippen molar-refractivity contribution in [2.24, 2.45) is 0 Å². The SMILES string of the molecule is COc1c(C(C)C)cccc1C1(C(=O)O)CCC1. The molecule has 1 aromatic rings. The highest BCUT2D eigenvalue weighted by Crippen LogP contribution is 2.48. The fourth-order valence-corrected chi connectivity index (χ4v) is 2.74. The van der Waals surface area contributed by atoms with Crippen molar-refractivity contribution < 1.29 is 14.6 Å². The van der Waals surface area contributed by atoms with Gasteiger partial charge in [-0.15, -0.1) is 0 Å². The van der Waals surface area contributed by atoms with Gasteiger partial charge in [0.2, 0.25) is 0 Å². The number of rotatable bonds is 4. The van der Waals surface area contributed by atoms with E-state index in [4.69, 9.17) is 4.74 Å². The third-order valence-corrected chi connectivity index (χ3v) is 4.00. The van der Waals surface area contributed by atoms with Crippen molar-refractivity contribution in [2.45, 2.75) is 44.4 Å². The Morgan fingerprint density at radius 3 is 2.44 bits per heavy atom. The smallest absolute Gasteiger partial charge is 0.314 e. The van der Waals surface area contributed by atoms with E-state index >= 15 is 0 Å². The second-order valence-electron chi connectivity index (χ2n) is 5.32. The summed E-state index contributed by atoms with van der Waals surface area (Å²) >= 11 is 0. The lowest BCUT2D eigenvalue weighted by Crippen LogP contribution is -2.42. The number of hydrogen-bond donors (Lipinski definition) is 1. The van der Waals surface area contributed by atoms with Crippen LogP contribution in [0.2, 0.25) is 0 Å². The lowest BCUT2D eigenvalue weighted by atomic mass is 9.64. The first-order chi connectivity index (χ1) is 8.53. The van der Waals surface area contributed by atoms with Crippen LogP contribution in [0.1, 0.15) is 50.2 Å². The Kier molecular flexibility index (Phi) is 3.33. The molecule has 0 aliphatic heterocycles. The molecule has 0 saturated heterocycles. The minimum Gasteiger partial charge on any atom is -0.496 e. The molecule has 18 heavy (non-hydrogen) atoms. The minimum atomic E-state index is -0.729. The molecule has 1 aromatic carbocycles. The van der Waals surface area contributed by atoms with Gasteiger partial charge in [-0.25, -0.2) is 0 Å². The molecule has 0 aromatic heterocycles. The van der Waals surface area contributed by atoms with Crippen molar-refractivity contribution in [1.82, 2.24) is 0 Å². The van der Waals surface area contributed by atoms with E-state index < -0.39 is 11.4 Å². The zero-order chi connectivity index (χ0) is 13.3. The van der Waals surface area contributed by atoms with Gasteiger partial charge in [0.15, 0.2) is 0 Å². The molecule has 1 aliphatic carbocycles. The Morgan fingerprint density at radius 2 is 2.06 bits per heavy atom. The monoisotopic (exact) mass is 248 g/mol. The first-order valence-corrected chi connectivity index (χ1v) is 6.43. The van der Waals surface area contributed by atoms with Crippen LogP contribution in [-0.2, 0) is 10.2 Å². The molecule has 0 spiro atoms. The molecule has 1 fully saturated rings. The molecular formula is C15H20O3. The molecule has 0 unspecified atom stereocenters. The maximum Gasteiger partial charge on any atom is 0.314 e. The van der Waals surface area contributed by atoms with E-state index in [1.807, 2.05) is 18.2 Å². The summed E-state index contributed by atoms with van der Waals surface area (Å²) in [6.07, 6.45) is 2.39. The molecule has 0 amide bonds. The molecule has 98 valence electrons. The molecule has 1 aliphatic rings. The normalized spacial score (nSPS) is 17.3. The van der Waals surface area contributed by atoms with Gasteiger partial charge < -0.3 is 9.84 Å². The number of hydrogen-bond acceptors (Lipinski definition) is 2. The first kappa shape index (κ1) is 12.9. The predicted octanol–water partition coefficient (Wildman–Crippen LogP) is 3.32. The van der Waals surface area contributed by atoms with Crippen molar-refractivity contribution in [1.29, 1.82) is 0 Å². The van der Waals surface area contributed by atoms with E-state index in [9.17, 15) is 9.90 Å². The number of carbonyl (C=O) groups is 1. The van der Waals surface area contributed by atoms with Crippen molar-refractivity contribution in [3.63, 3.8) is 0 Å². The number of carboxylic acid groups (broad SMARTS) is 1. The number of methoxy groups -OCH3 is 1. The van der Waals surface area contributed by atoms with Crippen LogP contribution < -0.4 is 4.74 Å². The van der Waals surface area contributed by atoms with Crippen LogP contribution in [0.5, 0.6) is 5.75 Å². The average molecular weight is 248 g/mol. The third-order valence-electron chi connectivity index (χ3n) is 4.00. The van der Waals surface area contributed by atoms with Crippen LogP contribution in [0.3, 0.4) is 0 Å². The Labute approximate surface area is 108 Å². The zero-order valence-corrected chi connectivity index (χ0v) is 11.2. The fraction of sp³-hybridized carbons (Fsp3) is 0.533. The van der Waals surface area contributed by atoms with Gasteiger partial charge in [0.1, 0.15) is 5.75 Å². The number of benzene rings is 1. The van der Waals surface area contributed by atoms with Gasteiger partial charge in [-0.1, -0.05) is 38.5 Å². The van der Waals surface area contributed by atoms with Gasteiger partial charge in [0.05, 0.1) is 12.5 Å². The fourth-order valence-electron chi connectivity index (χ4n) is 2.74. The van der Waals surface area contributed by atoms with Crippen LogP contribution in [0.15, 0.2) is 18.2 Å². The molecule has 0 bridgehead atoms. The van der Waals surface area contributed by atoms with E-state index in [0.717, 1.165) is 23.3 Å². The van der Waals surface area contributed by atoms with Crippen LogP contribution in [0, 0.1) is 0 Å². The van der Waals surface area contributed by atoms with Gasteiger partial charge in [-0.05, 0) is 24.3 Å². The second-order valence-corrected chi connectivity index (χ2v) is 5.32. The van der Waals surface area contributed by atoms with Crippen molar-refractivity contribution in [3.05, 3.63) is 29.3 Å². The summed E-state index contributed by atoms with van der Waals surface area (Å²) in [5, 5.41) is 9.53. The van der Waals surface area contributed by atoms with Gasteiger partial charge in [0, 0.05) is 5.56 Å². The van der Waals surface area contributed by atoms with Gasteiger partial charge in [0.25, 0.3) is 0 Å². The Morgan fingerprint density at radius 1 is 1.39 bits per heavy atom. The minimum absolute atomic E-state index is 0.325. The van der Waals surface area contributed by atoms with Crippen LogP contribution >= 0.6 is 0 Å². The average Bonchev–Trinajstić information content (AvgIpc) is 2.26. The summed E-state index contributed by atoms with van der Waals surface area (Å²) in [5.74, 6) is 0.355. The summed E-state index contributed by atoms with van der Waals surface area (Å²) in [5.41, 5.74) is 1.20. The molecular weight excluding hydrogens is 228 g/mol. The van der Waals surface area contributed by atoms with E-state index in [2.05, 4.69) is 13.8 Å². The number of aliphatic carboxylic acids is 1. The standard InChI is InChI=1S/C15H20O3/c1-10(2)11-6-4-7-12(13(11)18-3)15(14(16)17)8-5-9-15/h4,6-7,10H,5,8-9H2,1-3H3,(H,16,17). The largest absolute Gasteiger partial charge is 0.496 e. The van der Waals surface area contributed by atoms with E-state index in [0.29, 0.717) is 18.8 Å². The summed E-state index contributed by atoms with van der Waals surface area (Å²) < 4.78 is 5.51. The highest BCUT2D eigenvalue weighted by molar-refractivity contribution is 5.84. The van der Waals surface area contributed by atoms with Gasteiger partial charge in [-0.3, -0.25) is 4.79 Å². The van der Waals surface area contributed by atoms with E-state index in [1.165, 1.54) is 0 Å². The van der Waals surface area contributed by atoms with Crippen molar-refractivity contribution in [3.8, 4) is 5.75 Å². The molecule has 1 N–H and O–H groups in total. The summed E-state index contributed by atoms with van der Waals surface area (Å²) in [4.78, 5) is 11.6. The van der Waals surface area contributed by atoms with E-state index in [1.54, 1.807) is 7.11 Å². The van der Waals surface area contributed by atoms with Crippen molar-refractivity contribution in [2.75, 3.05) is 7.11 Å². The molecule has 3 heteroatoms. The quantitative estimate of drug-likeness (QED) is 0.889. The number of carboxylic acids is 1. The van der Waals surface area contributed by atoms with Crippen molar-refractivity contribution >= 4 is 5.97 Å². The maximum absolute atomic E-state index is 11.6. The lowest BCUT2D eigenvalue weighted by Gasteiger charge is -2.39. The summed E-state index contributed by atoms with van der Waals surface area (Å²) in [6, 6.07) is 5.86. The summed E-state index contributed by atoms with van der Waals surface area (Å²) in [6.45, 7) is 4.19. The third kappa shape index (κ3) is 1.78.